The smallest absolute Gasteiger partial charge is 0.241 e. The van der Waals surface area contributed by atoms with E-state index in [0.717, 1.165) is 30.5 Å². The minimum atomic E-state index is -3.42. The molecule has 0 radical (unpaired) electrons. The van der Waals surface area contributed by atoms with Crippen molar-refractivity contribution in [3.8, 4) is 0 Å². The minimum Gasteiger partial charge on any atom is -0.313 e. The number of sulfonamides is 1. The Balaban J connectivity index is 2.31. The first kappa shape index (κ1) is 15.5. The fourth-order valence-corrected chi connectivity index (χ4v) is 4.02. The third kappa shape index (κ3) is 3.59. The summed E-state index contributed by atoms with van der Waals surface area (Å²) < 4.78 is 28.0. The first-order chi connectivity index (χ1) is 9.40. The summed E-state index contributed by atoms with van der Waals surface area (Å²) in [4.78, 5) is 0.434. The van der Waals surface area contributed by atoms with Crippen molar-refractivity contribution in [3.05, 3.63) is 29.3 Å². The molecular weight excluding hydrogens is 272 g/mol. The average molecular weight is 296 g/mol. The first-order valence-corrected chi connectivity index (χ1v) is 8.75. The van der Waals surface area contributed by atoms with Gasteiger partial charge in [-0.05, 0) is 49.9 Å². The van der Waals surface area contributed by atoms with Crippen molar-refractivity contribution in [2.24, 2.45) is 0 Å². The number of hydrogen-bond acceptors (Lipinski definition) is 3. The Morgan fingerprint density at radius 3 is 2.50 bits per heavy atom. The second-order valence-electron chi connectivity index (χ2n) is 5.74. The summed E-state index contributed by atoms with van der Waals surface area (Å²) in [6, 6.07) is 5.73. The Hall–Kier alpha value is -0.910. The lowest BCUT2D eigenvalue weighted by atomic mass is 10.1. The molecule has 1 saturated carbocycles. The Morgan fingerprint density at radius 2 is 1.95 bits per heavy atom. The van der Waals surface area contributed by atoms with E-state index in [1.54, 1.807) is 6.07 Å². The molecule has 0 amide bonds. The third-order valence-corrected chi connectivity index (χ3v) is 5.48. The van der Waals surface area contributed by atoms with Crippen molar-refractivity contribution in [2.45, 2.75) is 57.0 Å². The molecule has 0 saturated heterocycles. The molecule has 1 fully saturated rings. The number of aryl methyl sites for hydroxylation is 1. The summed E-state index contributed by atoms with van der Waals surface area (Å²) >= 11 is 0. The van der Waals surface area contributed by atoms with Crippen LogP contribution in [0, 0.1) is 0 Å². The summed E-state index contributed by atoms with van der Waals surface area (Å²) in [5.41, 5.74) is 1.65. The molecular formula is C15H24N2O2S. The molecule has 0 unspecified atom stereocenters. The van der Waals surface area contributed by atoms with Gasteiger partial charge in [-0.2, -0.15) is 0 Å². The van der Waals surface area contributed by atoms with Gasteiger partial charge in [0.2, 0.25) is 10.0 Å². The molecule has 0 atom stereocenters. The normalized spacial score (nSPS) is 17.1. The molecule has 5 heteroatoms. The maximum Gasteiger partial charge on any atom is 0.241 e. The molecule has 2 rings (SSSR count). The number of rotatable bonds is 7. The molecule has 4 nitrogen and oxygen atoms in total. The predicted octanol–water partition coefficient (Wildman–Crippen LogP) is 2.19. The van der Waals surface area contributed by atoms with Crippen LogP contribution >= 0.6 is 0 Å². The van der Waals surface area contributed by atoms with Crippen LogP contribution in [0.15, 0.2) is 23.1 Å². The van der Waals surface area contributed by atoms with Gasteiger partial charge in [0.25, 0.3) is 0 Å². The zero-order valence-electron chi connectivity index (χ0n) is 12.5. The lowest BCUT2D eigenvalue weighted by molar-refractivity contribution is 0.556. The molecule has 0 aliphatic heterocycles. The summed E-state index contributed by atoms with van der Waals surface area (Å²) in [5, 5.41) is 3.23. The molecule has 1 aromatic rings. The van der Waals surface area contributed by atoms with Crippen molar-refractivity contribution in [3.63, 3.8) is 0 Å². The Bertz CT molecular complexity index is 578. The molecule has 1 aromatic carbocycles. The van der Waals surface area contributed by atoms with E-state index in [-0.39, 0.29) is 5.54 Å². The fraction of sp³-hybridized carbons (Fsp3) is 0.600. The summed E-state index contributed by atoms with van der Waals surface area (Å²) in [7, 11) is -3.42. The van der Waals surface area contributed by atoms with Crippen LogP contribution in [0.1, 0.15) is 44.7 Å². The van der Waals surface area contributed by atoms with Gasteiger partial charge in [-0.15, -0.1) is 0 Å². The zero-order chi connectivity index (χ0) is 14.8. The maximum absolute atomic E-state index is 12.6. The van der Waals surface area contributed by atoms with E-state index in [2.05, 4.69) is 10.0 Å². The number of hydrogen-bond donors (Lipinski definition) is 2. The summed E-state index contributed by atoms with van der Waals surface area (Å²) in [5.74, 6) is 0. The standard InChI is InChI=1S/C15H24N2O2S/c1-4-13-7-6-12(11-16-5-2)10-14(13)20(18,19)17-15(3)8-9-15/h6-7,10,16-17H,4-5,8-9,11H2,1-3H3. The Labute approximate surface area is 122 Å². The van der Waals surface area contributed by atoms with Gasteiger partial charge in [0.1, 0.15) is 0 Å². The average Bonchev–Trinajstić information content (AvgIpc) is 3.12. The number of benzene rings is 1. The topological polar surface area (TPSA) is 58.2 Å². The Morgan fingerprint density at radius 1 is 1.25 bits per heavy atom. The largest absolute Gasteiger partial charge is 0.313 e. The van der Waals surface area contributed by atoms with E-state index < -0.39 is 10.0 Å². The highest BCUT2D eigenvalue weighted by atomic mass is 32.2. The van der Waals surface area contributed by atoms with Gasteiger partial charge in [-0.3, -0.25) is 0 Å². The van der Waals surface area contributed by atoms with Crippen LogP contribution < -0.4 is 10.0 Å². The van der Waals surface area contributed by atoms with Crippen LogP contribution in [0.4, 0.5) is 0 Å². The van der Waals surface area contributed by atoms with Crippen LogP contribution in [0.3, 0.4) is 0 Å². The van der Waals surface area contributed by atoms with E-state index in [0.29, 0.717) is 17.9 Å². The molecule has 2 N–H and O–H groups in total. The van der Waals surface area contributed by atoms with E-state index in [4.69, 9.17) is 0 Å². The van der Waals surface area contributed by atoms with Gasteiger partial charge >= 0.3 is 0 Å². The second kappa shape index (κ2) is 5.84. The lowest BCUT2D eigenvalue weighted by Gasteiger charge is -2.16. The monoisotopic (exact) mass is 296 g/mol. The van der Waals surface area contributed by atoms with Crippen molar-refractivity contribution in [2.75, 3.05) is 6.54 Å². The second-order valence-corrected chi connectivity index (χ2v) is 7.39. The van der Waals surface area contributed by atoms with Crippen LogP contribution in [0.5, 0.6) is 0 Å². The van der Waals surface area contributed by atoms with Crippen LogP contribution in [-0.2, 0) is 23.0 Å². The molecule has 1 aliphatic rings. The van der Waals surface area contributed by atoms with Crippen molar-refractivity contribution in [1.29, 1.82) is 0 Å². The predicted molar refractivity (Wildman–Crippen MR) is 81.2 cm³/mol. The molecule has 20 heavy (non-hydrogen) atoms. The third-order valence-electron chi connectivity index (χ3n) is 3.76. The highest BCUT2D eigenvalue weighted by Gasteiger charge is 2.41. The van der Waals surface area contributed by atoms with E-state index in [9.17, 15) is 8.42 Å². The molecule has 0 aromatic heterocycles. The quantitative estimate of drug-likeness (QED) is 0.811. The molecule has 1 aliphatic carbocycles. The van der Waals surface area contributed by atoms with Crippen molar-refractivity contribution in [1.82, 2.24) is 10.0 Å². The van der Waals surface area contributed by atoms with Gasteiger partial charge < -0.3 is 5.32 Å². The zero-order valence-corrected chi connectivity index (χ0v) is 13.3. The first-order valence-electron chi connectivity index (χ1n) is 7.27. The highest BCUT2D eigenvalue weighted by molar-refractivity contribution is 7.89. The number of nitrogens with one attached hydrogen (secondary N) is 2. The van der Waals surface area contributed by atoms with E-state index in [1.807, 2.05) is 32.9 Å². The van der Waals surface area contributed by atoms with Gasteiger partial charge in [-0.1, -0.05) is 26.0 Å². The maximum atomic E-state index is 12.6. The summed E-state index contributed by atoms with van der Waals surface area (Å²) in [6.45, 7) is 7.54. The van der Waals surface area contributed by atoms with Gasteiger partial charge in [0.15, 0.2) is 0 Å². The highest BCUT2D eigenvalue weighted by Crippen LogP contribution is 2.36. The van der Waals surface area contributed by atoms with E-state index in [1.165, 1.54) is 0 Å². The lowest BCUT2D eigenvalue weighted by Crippen LogP contribution is -2.34. The van der Waals surface area contributed by atoms with Crippen LogP contribution in [0.25, 0.3) is 0 Å². The van der Waals surface area contributed by atoms with Gasteiger partial charge in [-0.25, -0.2) is 13.1 Å². The Kier molecular flexibility index (Phi) is 4.52. The molecule has 0 bridgehead atoms. The van der Waals surface area contributed by atoms with Crippen LogP contribution in [0.2, 0.25) is 0 Å². The molecule has 112 valence electrons. The molecule has 0 spiro atoms. The SMILES string of the molecule is CCNCc1ccc(CC)c(S(=O)(=O)NC2(C)CC2)c1. The minimum absolute atomic E-state index is 0.235. The van der Waals surface area contributed by atoms with E-state index >= 15 is 0 Å². The fourth-order valence-electron chi connectivity index (χ4n) is 2.19. The molecule has 0 heterocycles. The van der Waals surface area contributed by atoms with Gasteiger partial charge in [0.05, 0.1) is 4.90 Å². The van der Waals surface area contributed by atoms with Crippen LogP contribution in [-0.4, -0.2) is 20.5 Å². The van der Waals surface area contributed by atoms with Crippen molar-refractivity contribution < 1.29 is 8.42 Å². The van der Waals surface area contributed by atoms with Crippen molar-refractivity contribution >= 4 is 10.0 Å². The summed E-state index contributed by atoms with van der Waals surface area (Å²) in [6.07, 6.45) is 2.56. The van der Waals surface area contributed by atoms with Gasteiger partial charge in [0, 0.05) is 12.1 Å².